The van der Waals surface area contributed by atoms with Crippen LogP contribution in [0.15, 0.2) is 121 Å². The molecule has 0 saturated carbocycles. The highest BCUT2D eigenvalue weighted by atomic mass is 31.2. The molecule has 284 valence electrons. The quantitative estimate of drug-likeness (QED) is 0.0206. The van der Waals surface area contributed by atoms with E-state index in [1.54, 1.807) is 12.3 Å². The number of rotatable bonds is 27. The molecular weight excluding hydrogens is 673 g/mol. The Hall–Kier alpha value is -4.08. The summed E-state index contributed by atoms with van der Waals surface area (Å²) in [5.74, 6) is 1.07. The lowest BCUT2D eigenvalue weighted by molar-refractivity contribution is -0.121. The van der Waals surface area contributed by atoms with Crippen molar-refractivity contribution in [2.45, 2.75) is 84.0 Å². The molecule has 1 heterocycles. The highest BCUT2D eigenvalue weighted by Gasteiger charge is 2.35. The molecule has 4 unspecified atom stereocenters. The van der Waals surface area contributed by atoms with Crippen molar-refractivity contribution in [3.63, 3.8) is 0 Å². The number of benzene rings is 1. The molecule has 4 N–H and O–H groups in total. The molecule has 2 rings (SSSR count). The Morgan fingerprint density at radius 2 is 1.54 bits per heavy atom. The fraction of sp³-hybridized carbons (Fsp3) is 0.439. The lowest BCUT2D eigenvalue weighted by Gasteiger charge is -2.26. The van der Waals surface area contributed by atoms with Gasteiger partial charge in [0.1, 0.15) is 17.8 Å². The molecule has 52 heavy (non-hydrogen) atoms. The summed E-state index contributed by atoms with van der Waals surface area (Å²) in [7, 11) is 0.407. The first kappa shape index (κ1) is 44.1. The first-order valence-electron chi connectivity index (χ1n) is 18.3. The average molecular weight is 734 g/mol. The predicted octanol–water partition coefficient (Wildman–Crippen LogP) is 8.20. The van der Waals surface area contributed by atoms with Gasteiger partial charge in [0.2, 0.25) is 12.3 Å². The second-order valence-corrected chi connectivity index (χ2v) is 13.4. The number of carbonyl (C=O) groups excluding carboxylic acids is 2. The summed E-state index contributed by atoms with van der Waals surface area (Å²) in [5, 5.41) is 6.27. The van der Waals surface area contributed by atoms with Crippen LogP contribution >= 0.6 is 8.53 Å². The molecule has 2 amide bonds. The Kier molecular flexibility index (Phi) is 25.0. The van der Waals surface area contributed by atoms with Gasteiger partial charge < -0.3 is 29.7 Å². The smallest absolute Gasteiger partial charge is 0.318 e. The maximum atomic E-state index is 12.4. The minimum absolute atomic E-state index is 0.00675. The maximum Gasteiger partial charge on any atom is 0.318 e. The van der Waals surface area contributed by atoms with Gasteiger partial charge in [0, 0.05) is 38.7 Å². The third-order valence-electron chi connectivity index (χ3n) is 7.67. The van der Waals surface area contributed by atoms with E-state index in [1.165, 1.54) is 0 Å². The van der Waals surface area contributed by atoms with E-state index in [0.29, 0.717) is 44.7 Å². The lowest BCUT2D eigenvalue weighted by Crippen LogP contribution is -2.32. The number of allylic oxidation sites excluding steroid dienone is 12. The Bertz CT molecular complexity index is 1360. The molecule has 1 aromatic rings. The number of nitrogens with zero attached hydrogens (tertiary/aromatic N) is 2. The van der Waals surface area contributed by atoms with Crippen molar-refractivity contribution >= 4 is 26.7 Å². The largest absolute Gasteiger partial charge is 0.436 e. The van der Waals surface area contributed by atoms with Gasteiger partial charge in [0.25, 0.3) is 0 Å². The predicted molar refractivity (Wildman–Crippen MR) is 215 cm³/mol. The van der Waals surface area contributed by atoms with Crippen LogP contribution in [0.2, 0.25) is 0 Å². The second kappa shape index (κ2) is 29.5. The highest BCUT2D eigenvalue weighted by Crippen LogP contribution is 2.37. The van der Waals surface area contributed by atoms with Gasteiger partial charge in [-0.15, -0.1) is 0 Å². The van der Waals surface area contributed by atoms with Gasteiger partial charge in [0.15, 0.2) is 0 Å². The molecule has 0 bridgehead atoms. The van der Waals surface area contributed by atoms with Crippen molar-refractivity contribution in [3.05, 3.63) is 116 Å². The number of nitrogens with two attached hydrogens (primary N) is 1. The fourth-order valence-electron chi connectivity index (χ4n) is 5.03. The van der Waals surface area contributed by atoms with Gasteiger partial charge in [0.05, 0.1) is 12.7 Å². The average Bonchev–Trinajstić information content (AvgIpc) is 3.52. The Morgan fingerprint density at radius 3 is 2.13 bits per heavy atom. The number of hydrogen-bond donors (Lipinski definition) is 3. The molecular formula is C41H60N5O5P. The van der Waals surface area contributed by atoms with Crippen molar-refractivity contribution < 1.29 is 23.4 Å². The van der Waals surface area contributed by atoms with Crippen molar-refractivity contribution in [2.75, 3.05) is 26.7 Å². The fourth-order valence-corrected chi connectivity index (χ4v) is 6.15. The van der Waals surface area contributed by atoms with Crippen molar-refractivity contribution in [1.82, 2.24) is 15.3 Å². The molecule has 0 radical (unpaired) electrons. The standard InChI is InChI=1S/C41H60N5O5P/c1-4-5-6-7-8-9-10-11-12-13-14-15-16-17-18-19-20-21-25-28-40(48)43-30-31-45-52(51-37-26-23-22-24-27-37)49-34-38-33-36(2)41(50-38)46(3)32-29-39(42)44-35-47/h5-6,8-9,11-12,14-15,17-18,20-24,26-27,29,32,35-36,38,41,45H,4,7,10,13,16,19,25,28,30-31,33-34H2,1-3H3,(H,43,48)(H2,42,44,47)/b6-5-,9-8-,12-11-,15-14-,18-17-,21-20-,32-29-. The van der Waals surface area contributed by atoms with E-state index < -0.39 is 8.53 Å². The molecule has 4 atom stereocenters. The molecule has 1 saturated heterocycles. The topological polar surface area (TPSA) is 128 Å². The van der Waals surface area contributed by atoms with E-state index in [-0.39, 0.29) is 30.0 Å². The Morgan fingerprint density at radius 1 is 0.942 bits per heavy atom. The van der Waals surface area contributed by atoms with Crippen LogP contribution in [-0.4, -0.2) is 62.1 Å². The van der Waals surface area contributed by atoms with Gasteiger partial charge in [-0.25, -0.2) is 5.09 Å². The molecule has 1 aliphatic heterocycles. The minimum Gasteiger partial charge on any atom is -0.436 e. The third kappa shape index (κ3) is 22.0. The molecule has 0 aliphatic carbocycles. The summed E-state index contributed by atoms with van der Waals surface area (Å²) in [6.07, 6.45) is 37.3. The van der Waals surface area contributed by atoms with Gasteiger partial charge in [-0.2, -0.15) is 4.99 Å². The number of carbonyl (C=O) groups is 2. The van der Waals surface area contributed by atoms with Crippen LogP contribution in [0, 0.1) is 5.92 Å². The van der Waals surface area contributed by atoms with E-state index >= 15 is 0 Å². The molecule has 0 spiro atoms. The van der Waals surface area contributed by atoms with Crippen LogP contribution in [0.1, 0.15) is 71.6 Å². The number of para-hydroxylation sites is 1. The highest BCUT2D eigenvalue weighted by molar-refractivity contribution is 7.45. The van der Waals surface area contributed by atoms with E-state index in [1.807, 2.05) is 42.3 Å². The lowest BCUT2D eigenvalue weighted by atomic mass is 10.1. The van der Waals surface area contributed by atoms with Crippen LogP contribution in [0.3, 0.4) is 0 Å². The molecule has 10 nitrogen and oxygen atoms in total. The minimum atomic E-state index is -1.48. The zero-order chi connectivity index (χ0) is 37.5. The van der Waals surface area contributed by atoms with Gasteiger partial charge in [-0.1, -0.05) is 105 Å². The van der Waals surface area contributed by atoms with Crippen LogP contribution in [0.25, 0.3) is 0 Å². The number of amides is 2. The molecule has 0 aromatic heterocycles. The zero-order valence-electron chi connectivity index (χ0n) is 31.2. The van der Waals surface area contributed by atoms with Crippen LogP contribution < -0.4 is 20.7 Å². The maximum absolute atomic E-state index is 12.4. The third-order valence-corrected chi connectivity index (χ3v) is 8.91. The summed E-state index contributed by atoms with van der Waals surface area (Å²) >= 11 is 0. The normalized spacial score (nSPS) is 19.1. The number of ether oxygens (including phenoxy) is 1. The van der Waals surface area contributed by atoms with E-state index in [2.05, 4.69) is 102 Å². The molecule has 11 heteroatoms. The van der Waals surface area contributed by atoms with Crippen LogP contribution in [-0.2, 0) is 18.8 Å². The van der Waals surface area contributed by atoms with Crippen LogP contribution in [0.5, 0.6) is 5.75 Å². The molecule has 1 fully saturated rings. The zero-order valence-corrected chi connectivity index (χ0v) is 32.1. The second-order valence-electron chi connectivity index (χ2n) is 12.2. The van der Waals surface area contributed by atoms with E-state index in [4.69, 9.17) is 19.5 Å². The number of nitrogens with one attached hydrogen (secondary N) is 2. The monoisotopic (exact) mass is 733 g/mol. The van der Waals surface area contributed by atoms with Crippen molar-refractivity contribution in [2.24, 2.45) is 16.6 Å². The van der Waals surface area contributed by atoms with E-state index in [0.717, 1.165) is 44.9 Å². The SMILES string of the molecule is CC/C=C\C/C=C\C/C=C\C/C=C\C/C=C\C/C=C\CCC(=O)NCCNP(OCC1CC(C)C(N(C)/C=C\C(N)=NC=O)O1)Oc1ccccc1. The number of hydrogen-bond acceptors (Lipinski definition) is 7. The number of amidine groups is 1. The first-order chi connectivity index (χ1) is 25.4. The summed E-state index contributed by atoms with van der Waals surface area (Å²) < 4.78 is 18.5. The first-order valence-corrected chi connectivity index (χ1v) is 19.5. The van der Waals surface area contributed by atoms with Crippen molar-refractivity contribution in [1.29, 1.82) is 0 Å². The summed E-state index contributed by atoms with van der Waals surface area (Å²) in [6.45, 7) is 5.55. The Labute approximate surface area is 313 Å². The summed E-state index contributed by atoms with van der Waals surface area (Å²) in [6, 6.07) is 9.49. The van der Waals surface area contributed by atoms with Gasteiger partial charge in [-0.3, -0.25) is 9.59 Å². The van der Waals surface area contributed by atoms with Crippen molar-refractivity contribution in [3.8, 4) is 5.75 Å². The summed E-state index contributed by atoms with van der Waals surface area (Å²) in [4.78, 5) is 28.3. The molecule has 1 aromatic carbocycles. The van der Waals surface area contributed by atoms with Gasteiger partial charge in [-0.05, 0) is 69.6 Å². The molecule has 1 aliphatic rings. The number of aliphatic imine (C=N–C) groups is 1. The van der Waals surface area contributed by atoms with E-state index in [9.17, 15) is 9.59 Å². The Balaban J connectivity index is 1.62. The summed E-state index contributed by atoms with van der Waals surface area (Å²) in [5.41, 5.74) is 5.67. The van der Waals surface area contributed by atoms with Gasteiger partial charge >= 0.3 is 8.53 Å². The van der Waals surface area contributed by atoms with Crippen LogP contribution in [0.4, 0.5) is 0 Å².